The lowest BCUT2D eigenvalue weighted by Crippen LogP contribution is -2.51. The van der Waals surface area contributed by atoms with E-state index in [1.165, 1.54) is 13.8 Å². The number of carbonyl (C=O) groups is 3. The predicted molar refractivity (Wildman–Crippen MR) is 126 cm³/mol. The number of amides is 2. The number of nitrogens with one attached hydrogen (secondary N) is 2. The smallest absolute Gasteiger partial charge is 0.328 e. The van der Waals surface area contributed by atoms with Crippen molar-refractivity contribution in [3.05, 3.63) is 54.1 Å². The molecule has 4 rings (SSSR count). The first-order valence-corrected chi connectivity index (χ1v) is 11.6. The van der Waals surface area contributed by atoms with Crippen LogP contribution >= 0.6 is 0 Å². The van der Waals surface area contributed by atoms with Gasteiger partial charge in [0.05, 0.1) is 0 Å². The molecule has 1 aliphatic heterocycles. The molecule has 1 saturated carbocycles. The second-order valence-corrected chi connectivity index (χ2v) is 9.44. The van der Waals surface area contributed by atoms with E-state index in [0.717, 1.165) is 18.4 Å². The van der Waals surface area contributed by atoms with Crippen molar-refractivity contribution < 1.29 is 29.0 Å². The van der Waals surface area contributed by atoms with E-state index in [1.807, 2.05) is 36.4 Å². The number of carboxylic acids is 1. The Morgan fingerprint density at radius 3 is 2.21 bits per heavy atom. The van der Waals surface area contributed by atoms with E-state index >= 15 is 0 Å². The van der Waals surface area contributed by atoms with Crippen molar-refractivity contribution in [3.63, 3.8) is 0 Å². The van der Waals surface area contributed by atoms with Gasteiger partial charge in [0.15, 0.2) is 11.5 Å². The molecule has 3 N–H and O–H groups in total. The molecule has 180 valence electrons. The molecular weight excluding hydrogens is 436 g/mol. The molecule has 1 aliphatic carbocycles. The maximum absolute atomic E-state index is 12.6. The van der Waals surface area contributed by atoms with Crippen LogP contribution in [0.25, 0.3) is 0 Å². The zero-order chi connectivity index (χ0) is 24.3. The van der Waals surface area contributed by atoms with Crippen LogP contribution in [-0.4, -0.2) is 41.1 Å². The van der Waals surface area contributed by atoms with Crippen LogP contribution in [0.2, 0.25) is 0 Å². The highest BCUT2D eigenvalue weighted by molar-refractivity contribution is 5.94. The third-order valence-electron chi connectivity index (χ3n) is 6.52. The highest BCUT2D eigenvalue weighted by atomic mass is 16.6. The maximum atomic E-state index is 12.6. The van der Waals surface area contributed by atoms with E-state index in [0.29, 0.717) is 35.9 Å². The Hall–Kier alpha value is -3.55. The average Bonchev–Trinajstić information content (AvgIpc) is 2.84. The van der Waals surface area contributed by atoms with Crippen LogP contribution in [0.15, 0.2) is 48.5 Å². The third-order valence-corrected chi connectivity index (χ3v) is 6.52. The van der Waals surface area contributed by atoms with Crippen molar-refractivity contribution >= 4 is 23.5 Å². The normalized spacial score (nSPS) is 21.9. The van der Waals surface area contributed by atoms with E-state index < -0.39 is 17.6 Å². The summed E-state index contributed by atoms with van der Waals surface area (Å²) in [7, 11) is 0. The molecule has 0 bridgehead atoms. The second-order valence-electron chi connectivity index (χ2n) is 9.44. The summed E-state index contributed by atoms with van der Waals surface area (Å²) in [6.45, 7) is 3.14. The largest absolute Gasteiger partial charge is 0.485 e. The SMILES string of the molecule is CC(C)(NC(=O)C1CCC(c2ccc(NC(=O)C3COc4ccccc4O3)cc2)CC1)C(=O)O. The van der Waals surface area contributed by atoms with Gasteiger partial charge in [0.25, 0.3) is 5.91 Å². The molecule has 0 saturated heterocycles. The van der Waals surface area contributed by atoms with Gasteiger partial charge < -0.3 is 25.2 Å². The van der Waals surface area contributed by atoms with Gasteiger partial charge >= 0.3 is 5.97 Å². The minimum atomic E-state index is -1.27. The summed E-state index contributed by atoms with van der Waals surface area (Å²) in [5.74, 6) is -0.162. The molecule has 8 heteroatoms. The first-order valence-electron chi connectivity index (χ1n) is 11.6. The molecule has 2 amide bonds. The number of para-hydroxylation sites is 2. The lowest BCUT2D eigenvalue weighted by molar-refractivity contribution is -0.146. The number of carbonyl (C=O) groups excluding carboxylic acids is 2. The average molecular weight is 467 g/mol. The molecule has 2 aliphatic rings. The van der Waals surface area contributed by atoms with E-state index in [2.05, 4.69) is 10.6 Å². The van der Waals surface area contributed by atoms with Gasteiger partial charge in [-0.15, -0.1) is 0 Å². The van der Waals surface area contributed by atoms with Crippen molar-refractivity contribution in [3.8, 4) is 11.5 Å². The van der Waals surface area contributed by atoms with Crippen molar-refractivity contribution in [2.75, 3.05) is 11.9 Å². The van der Waals surface area contributed by atoms with Crippen molar-refractivity contribution in [2.45, 2.75) is 57.1 Å². The molecule has 8 nitrogen and oxygen atoms in total. The zero-order valence-electron chi connectivity index (χ0n) is 19.4. The molecule has 1 unspecified atom stereocenters. The van der Waals surface area contributed by atoms with Crippen LogP contribution in [0.1, 0.15) is 51.0 Å². The molecule has 34 heavy (non-hydrogen) atoms. The fourth-order valence-electron chi connectivity index (χ4n) is 4.36. The number of anilines is 1. The Bertz CT molecular complexity index is 1060. The number of rotatable bonds is 6. The Morgan fingerprint density at radius 2 is 1.56 bits per heavy atom. The van der Waals surface area contributed by atoms with Crippen LogP contribution in [0, 0.1) is 5.92 Å². The lowest BCUT2D eigenvalue weighted by atomic mass is 9.78. The van der Waals surface area contributed by atoms with Crippen LogP contribution in [0.4, 0.5) is 5.69 Å². The predicted octanol–water partition coefficient (Wildman–Crippen LogP) is 3.72. The van der Waals surface area contributed by atoms with Crippen LogP contribution < -0.4 is 20.1 Å². The number of hydrogen-bond donors (Lipinski definition) is 3. The Labute approximate surface area is 198 Å². The van der Waals surface area contributed by atoms with Crippen LogP contribution in [0.5, 0.6) is 11.5 Å². The lowest BCUT2D eigenvalue weighted by Gasteiger charge is -2.30. The van der Waals surface area contributed by atoms with Crippen molar-refractivity contribution in [1.29, 1.82) is 0 Å². The number of fused-ring (bicyclic) bond motifs is 1. The molecular formula is C26H30N2O6. The van der Waals surface area contributed by atoms with Gasteiger partial charge in [-0.25, -0.2) is 4.79 Å². The van der Waals surface area contributed by atoms with Gasteiger partial charge in [-0.2, -0.15) is 0 Å². The monoisotopic (exact) mass is 466 g/mol. The number of ether oxygens (including phenoxy) is 2. The minimum Gasteiger partial charge on any atom is -0.485 e. The minimum absolute atomic E-state index is 0.154. The summed E-state index contributed by atoms with van der Waals surface area (Å²) < 4.78 is 11.4. The summed E-state index contributed by atoms with van der Waals surface area (Å²) in [6, 6.07) is 15.0. The summed E-state index contributed by atoms with van der Waals surface area (Å²) in [4.78, 5) is 36.3. The quantitative estimate of drug-likeness (QED) is 0.598. The Balaban J connectivity index is 1.28. The van der Waals surface area contributed by atoms with Gasteiger partial charge in [0, 0.05) is 11.6 Å². The number of benzene rings is 2. The van der Waals surface area contributed by atoms with Crippen LogP contribution in [-0.2, 0) is 14.4 Å². The second kappa shape index (κ2) is 9.75. The highest BCUT2D eigenvalue weighted by Gasteiger charge is 2.34. The van der Waals surface area contributed by atoms with Gasteiger partial charge in [-0.3, -0.25) is 9.59 Å². The van der Waals surface area contributed by atoms with E-state index in [-0.39, 0.29) is 24.3 Å². The molecule has 2 aromatic rings. The number of aliphatic carboxylic acids is 1. The van der Waals surface area contributed by atoms with E-state index in [9.17, 15) is 19.5 Å². The molecule has 0 spiro atoms. The molecule has 1 atom stereocenters. The summed E-state index contributed by atoms with van der Waals surface area (Å²) in [5, 5.41) is 14.7. The fourth-order valence-corrected chi connectivity index (χ4v) is 4.36. The first-order chi connectivity index (χ1) is 16.2. The van der Waals surface area contributed by atoms with Gasteiger partial charge in [0.1, 0.15) is 12.1 Å². The fraction of sp³-hybridized carbons (Fsp3) is 0.423. The van der Waals surface area contributed by atoms with Gasteiger partial charge in [0.2, 0.25) is 12.0 Å². The van der Waals surface area contributed by atoms with Gasteiger partial charge in [-0.1, -0.05) is 24.3 Å². The summed E-state index contributed by atoms with van der Waals surface area (Å²) in [6.07, 6.45) is 2.41. The standard InChI is InChI=1S/C26H30N2O6/c1-26(2,25(31)32)28-23(29)18-9-7-16(8-10-18)17-11-13-19(14-12-17)27-24(30)22-15-33-20-5-3-4-6-21(20)34-22/h3-6,11-14,16,18,22H,7-10,15H2,1-2H3,(H,27,30)(H,28,29)(H,31,32). The van der Waals surface area contributed by atoms with Crippen molar-refractivity contribution in [2.24, 2.45) is 5.92 Å². The molecule has 1 heterocycles. The van der Waals surface area contributed by atoms with Gasteiger partial charge in [-0.05, 0) is 75.3 Å². The molecule has 0 radical (unpaired) electrons. The Kier molecular flexibility index (Phi) is 6.77. The van der Waals surface area contributed by atoms with Crippen LogP contribution in [0.3, 0.4) is 0 Å². The van der Waals surface area contributed by atoms with E-state index in [4.69, 9.17) is 9.47 Å². The zero-order valence-corrected chi connectivity index (χ0v) is 19.4. The van der Waals surface area contributed by atoms with Crippen molar-refractivity contribution in [1.82, 2.24) is 5.32 Å². The number of carboxylic acid groups (broad SMARTS) is 1. The molecule has 1 fully saturated rings. The summed E-state index contributed by atoms with van der Waals surface area (Å²) >= 11 is 0. The third kappa shape index (κ3) is 5.32. The van der Waals surface area contributed by atoms with E-state index in [1.54, 1.807) is 12.1 Å². The Morgan fingerprint density at radius 1 is 0.912 bits per heavy atom. The maximum Gasteiger partial charge on any atom is 0.328 e. The molecule has 0 aromatic heterocycles. The molecule has 2 aromatic carbocycles. The topological polar surface area (TPSA) is 114 Å². The number of hydrogen-bond acceptors (Lipinski definition) is 5. The summed E-state index contributed by atoms with van der Waals surface area (Å²) in [5.41, 5.74) is 0.570. The first kappa shape index (κ1) is 23.6. The highest BCUT2D eigenvalue weighted by Crippen LogP contribution is 2.36.